The van der Waals surface area contributed by atoms with Gasteiger partial charge >= 0.3 is 0 Å². The molecule has 0 fully saturated rings. The van der Waals surface area contributed by atoms with Crippen molar-refractivity contribution in [3.05, 3.63) is 59.4 Å². The molecule has 2 heterocycles. The van der Waals surface area contributed by atoms with Gasteiger partial charge in [-0.15, -0.1) is 0 Å². The number of aromatic nitrogens is 2. The number of fused-ring (bicyclic) bond motifs is 1. The second-order valence-corrected chi connectivity index (χ2v) is 5.90. The van der Waals surface area contributed by atoms with E-state index in [0.717, 1.165) is 36.3 Å². The Morgan fingerprint density at radius 3 is 2.88 bits per heavy atom. The number of methoxy groups -OCH3 is 1. The molecule has 0 aliphatic carbocycles. The third-order valence-corrected chi connectivity index (χ3v) is 4.31. The van der Waals surface area contributed by atoms with Crippen LogP contribution in [-0.4, -0.2) is 23.8 Å². The zero-order valence-electron chi connectivity index (χ0n) is 13.6. The maximum Gasteiger partial charge on any atom is 0.258 e. The van der Waals surface area contributed by atoms with Crippen LogP contribution in [0.1, 0.15) is 23.4 Å². The van der Waals surface area contributed by atoms with Gasteiger partial charge in [-0.05, 0) is 48.2 Å². The Balaban J connectivity index is 1.58. The van der Waals surface area contributed by atoms with E-state index >= 15 is 0 Å². The summed E-state index contributed by atoms with van der Waals surface area (Å²) in [5, 5.41) is 7.57. The Labute approximate surface area is 140 Å². The van der Waals surface area contributed by atoms with Crippen LogP contribution in [0.15, 0.2) is 47.0 Å². The number of hydrogen-bond donors (Lipinski definition) is 1. The Hall–Kier alpha value is -2.82. The molecule has 0 radical (unpaired) electrons. The van der Waals surface area contributed by atoms with Crippen LogP contribution in [0.4, 0.5) is 5.69 Å². The third-order valence-electron chi connectivity index (χ3n) is 4.31. The summed E-state index contributed by atoms with van der Waals surface area (Å²) >= 11 is 0. The van der Waals surface area contributed by atoms with Crippen LogP contribution < -0.4 is 10.1 Å². The molecule has 1 aliphatic rings. The van der Waals surface area contributed by atoms with Crippen molar-refractivity contribution in [3.63, 3.8) is 0 Å². The molecule has 5 nitrogen and oxygen atoms in total. The van der Waals surface area contributed by atoms with Crippen molar-refractivity contribution < 1.29 is 9.26 Å². The normalized spacial score (nSPS) is 13.2. The fraction of sp³-hybridized carbons (Fsp3) is 0.263. The van der Waals surface area contributed by atoms with Gasteiger partial charge in [-0.2, -0.15) is 4.98 Å². The van der Waals surface area contributed by atoms with E-state index in [4.69, 9.17) is 9.26 Å². The summed E-state index contributed by atoms with van der Waals surface area (Å²) in [6.07, 6.45) is 2.80. The number of nitrogens with zero attached hydrogens (tertiary/aromatic N) is 2. The van der Waals surface area contributed by atoms with Gasteiger partial charge in [-0.3, -0.25) is 0 Å². The minimum absolute atomic E-state index is 0.596. The topological polar surface area (TPSA) is 60.2 Å². The van der Waals surface area contributed by atoms with Gasteiger partial charge in [-0.1, -0.05) is 23.4 Å². The van der Waals surface area contributed by atoms with Crippen LogP contribution in [-0.2, 0) is 12.8 Å². The molecule has 0 bridgehead atoms. The lowest BCUT2D eigenvalue weighted by Crippen LogP contribution is -2.12. The maximum absolute atomic E-state index is 5.52. The highest BCUT2D eigenvalue weighted by Gasteiger charge is 2.18. The predicted molar refractivity (Wildman–Crippen MR) is 92.3 cm³/mol. The first-order chi connectivity index (χ1) is 11.8. The molecule has 0 amide bonds. The van der Waals surface area contributed by atoms with E-state index in [9.17, 15) is 0 Å². The highest BCUT2D eigenvalue weighted by Crippen LogP contribution is 2.31. The van der Waals surface area contributed by atoms with E-state index in [0.29, 0.717) is 18.1 Å². The van der Waals surface area contributed by atoms with Crippen molar-refractivity contribution in [1.29, 1.82) is 0 Å². The summed E-state index contributed by atoms with van der Waals surface area (Å²) in [6, 6.07) is 14.1. The number of hydrogen-bond acceptors (Lipinski definition) is 5. The lowest BCUT2D eigenvalue weighted by Gasteiger charge is -2.19. The minimum Gasteiger partial charge on any atom is -0.497 e. The summed E-state index contributed by atoms with van der Waals surface area (Å²) in [6.45, 7) is 1.02. The van der Waals surface area contributed by atoms with E-state index in [1.165, 1.54) is 11.3 Å². The molecule has 0 saturated carbocycles. The van der Waals surface area contributed by atoms with Gasteiger partial charge in [-0.25, -0.2) is 0 Å². The molecule has 1 N–H and O–H groups in total. The smallest absolute Gasteiger partial charge is 0.258 e. The predicted octanol–water partition coefficient (Wildman–Crippen LogP) is 3.69. The fourth-order valence-electron chi connectivity index (χ4n) is 3.07. The largest absolute Gasteiger partial charge is 0.497 e. The number of nitrogens with one attached hydrogen (secondary N) is 1. The first kappa shape index (κ1) is 14.8. The number of ether oxygens (including phenoxy) is 1. The summed E-state index contributed by atoms with van der Waals surface area (Å²) in [7, 11) is 1.66. The second kappa shape index (κ2) is 6.35. The first-order valence-corrected chi connectivity index (χ1v) is 8.15. The van der Waals surface area contributed by atoms with Gasteiger partial charge in [0.05, 0.1) is 7.11 Å². The van der Waals surface area contributed by atoms with Crippen molar-refractivity contribution in [2.24, 2.45) is 0 Å². The van der Waals surface area contributed by atoms with Crippen molar-refractivity contribution >= 4 is 5.69 Å². The molecule has 5 heteroatoms. The van der Waals surface area contributed by atoms with Gasteiger partial charge in [0.15, 0.2) is 5.82 Å². The molecular formula is C19H19N3O2. The molecule has 1 aliphatic heterocycles. The minimum atomic E-state index is 0.596. The van der Waals surface area contributed by atoms with E-state index in [1.54, 1.807) is 7.11 Å². The van der Waals surface area contributed by atoms with Crippen molar-refractivity contribution in [1.82, 2.24) is 10.1 Å². The molecule has 0 atom stereocenters. The van der Waals surface area contributed by atoms with Crippen LogP contribution in [0.25, 0.3) is 11.5 Å². The summed E-state index contributed by atoms with van der Waals surface area (Å²) in [4.78, 5) is 4.59. The van der Waals surface area contributed by atoms with Gasteiger partial charge in [0.25, 0.3) is 5.89 Å². The molecule has 3 aromatic rings. The van der Waals surface area contributed by atoms with E-state index in [-0.39, 0.29) is 0 Å². The molecule has 4 rings (SSSR count). The van der Waals surface area contributed by atoms with Gasteiger partial charge < -0.3 is 14.6 Å². The zero-order valence-corrected chi connectivity index (χ0v) is 13.6. The van der Waals surface area contributed by atoms with Crippen molar-refractivity contribution in [2.75, 3.05) is 19.0 Å². The lowest BCUT2D eigenvalue weighted by molar-refractivity contribution is 0.414. The highest BCUT2D eigenvalue weighted by atomic mass is 16.5. The molecule has 2 aromatic carbocycles. The molecule has 0 unspecified atom stereocenters. The van der Waals surface area contributed by atoms with Crippen LogP contribution >= 0.6 is 0 Å². The zero-order chi connectivity index (χ0) is 16.4. The van der Waals surface area contributed by atoms with Crippen LogP contribution in [0, 0.1) is 0 Å². The fourth-order valence-corrected chi connectivity index (χ4v) is 3.07. The van der Waals surface area contributed by atoms with E-state index in [2.05, 4.69) is 27.6 Å². The third kappa shape index (κ3) is 2.85. The van der Waals surface area contributed by atoms with Crippen molar-refractivity contribution in [3.8, 4) is 17.2 Å². The van der Waals surface area contributed by atoms with E-state index in [1.807, 2.05) is 30.3 Å². The highest BCUT2D eigenvalue weighted by molar-refractivity contribution is 5.69. The summed E-state index contributed by atoms with van der Waals surface area (Å²) in [5.41, 5.74) is 4.60. The number of anilines is 1. The van der Waals surface area contributed by atoms with Crippen LogP contribution in [0.2, 0.25) is 0 Å². The van der Waals surface area contributed by atoms with Gasteiger partial charge in [0.1, 0.15) is 5.75 Å². The quantitative estimate of drug-likeness (QED) is 0.794. The number of benzene rings is 2. The van der Waals surface area contributed by atoms with Crippen molar-refractivity contribution in [2.45, 2.75) is 19.3 Å². The average molecular weight is 321 g/mol. The first-order valence-electron chi connectivity index (χ1n) is 8.15. The van der Waals surface area contributed by atoms with E-state index < -0.39 is 0 Å². The summed E-state index contributed by atoms with van der Waals surface area (Å²) in [5.74, 6) is 2.13. The monoisotopic (exact) mass is 321 g/mol. The molecule has 1 aromatic heterocycles. The molecule has 122 valence electrons. The molecular weight excluding hydrogens is 302 g/mol. The second-order valence-electron chi connectivity index (χ2n) is 5.90. The molecule has 0 saturated heterocycles. The Morgan fingerprint density at radius 1 is 1.17 bits per heavy atom. The molecule has 0 spiro atoms. The maximum atomic E-state index is 5.52. The Morgan fingerprint density at radius 2 is 2.04 bits per heavy atom. The molecule has 24 heavy (non-hydrogen) atoms. The number of rotatable bonds is 4. The van der Waals surface area contributed by atoms with Crippen LogP contribution in [0.5, 0.6) is 5.75 Å². The Bertz CT molecular complexity index is 840. The van der Waals surface area contributed by atoms with Crippen LogP contribution in [0.3, 0.4) is 0 Å². The Kier molecular flexibility index (Phi) is 3.91. The standard InChI is InChI=1S/C19H19N3O2/c1-23-14-9-7-13(8-10-14)12-18-21-19(24-22-18)16-4-2-6-17-15(16)5-3-11-20-17/h2,4,6-10,20H,3,5,11-12H2,1H3. The van der Waals surface area contributed by atoms with Gasteiger partial charge in [0.2, 0.25) is 0 Å². The lowest BCUT2D eigenvalue weighted by atomic mass is 9.97. The summed E-state index contributed by atoms with van der Waals surface area (Å²) < 4.78 is 10.7. The SMILES string of the molecule is COc1ccc(Cc2noc(-c3cccc4c3CCCN4)n2)cc1. The van der Waals surface area contributed by atoms with Gasteiger partial charge in [0, 0.05) is 24.2 Å². The average Bonchev–Trinajstić information content (AvgIpc) is 3.10.